The van der Waals surface area contributed by atoms with Crippen LogP contribution in [0, 0.1) is 0 Å². The molecule has 1 nitrogen and oxygen atoms in total. The molecule has 2 rings (SSSR count). The Kier molecular flexibility index (Phi) is 11.9. The second-order valence-corrected chi connectivity index (χ2v) is 3.94. The van der Waals surface area contributed by atoms with E-state index in [1.165, 1.54) is 64.2 Å². The molecular weight excluding hydrogens is 160 g/mol. The Morgan fingerprint density at radius 1 is 0.462 bits per heavy atom. The molecule has 0 saturated heterocycles. The van der Waals surface area contributed by atoms with Crippen molar-refractivity contribution in [2.75, 3.05) is 14.2 Å². The lowest BCUT2D eigenvalue weighted by molar-refractivity contribution is 0.277. The van der Waals surface area contributed by atoms with Crippen molar-refractivity contribution in [1.29, 1.82) is 0 Å². The summed E-state index contributed by atoms with van der Waals surface area (Å²) in [5, 5.41) is 0. The normalized spacial score (nSPS) is 19.8. The Hall–Kier alpha value is -0.0400. The van der Waals surface area contributed by atoms with Crippen LogP contribution < -0.4 is 0 Å². The minimum atomic E-state index is 1.50. The van der Waals surface area contributed by atoms with Crippen molar-refractivity contribution in [2.24, 2.45) is 0 Å². The monoisotopic (exact) mass is 186 g/mol. The first-order valence-electron chi connectivity index (χ1n) is 5.82. The average Bonchev–Trinajstić information content (AvgIpc) is 2.85. The van der Waals surface area contributed by atoms with E-state index in [1.54, 1.807) is 14.2 Å². The predicted octanol–water partition coefficient (Wildman–Crippen LogP) is 4.16. The molecular formula is C12H26O. The fourth-order valence-corrected chi connectivity index (χ4v) is 1.77. The highest BCUT2D eigenvalue weighted by atomic mass is 16.4. The van der Waals surface area contributed by atoms with Crippen molar-refractivity contribution in [3.8, 4) is 0 Å². The summed E-state index contributed by atoms with van der Waals surface area (Å²) in [6.45, 7) is 0. The van der Waals surface area contributed by atoms with Crippen LogP contribution in [0.2, 0.25) is 0 Å². The zero-order valence-corrected chi connectivity index (χ0v) is 9.48. The van der Waals surface area contributed by atoms with Crippen LogP contribution in [0.25, 0.3) is 0 Å². The molecule has 2 aliphatic rings. The molecule has 0 N–H and O–H groups in total. The summed E-state index contributed by atoms with van der Waals surface area (Å²) >= 11 is 0. The Morgan fingerprint density at radius 3 is 0.615 bits per heavy atom. The van der Waals surface area contributed by atoms with Crippen LogP contribution in [0.4, 0.5) is 0 Å². The Bertz CT molecular complexity index is 48.0. The molecule has 13 heavy (non-hydrogen) atoms. The number of hydrogen-bond acceptors (Lipinski definition) is 1. The molecule has 0 amide bonds. The van der Waals surface area contributed by atoms with Gasteiger partial charge in [-0.15, -0.1) is 0 Å². The first kappa shape index (κ1) is 13.0. The van der Waals surface area contributed by atoms with E-state index in [2.05, 4.69) is 4.74 Å². The molecule has 2 aliphatic carbocycles. The van der Waals surface area contributed by atoms with Crippen molar-refractivity contribution < 1.29 is 4.74 Å². The van der Waals surface area contributed by atoms with E-state index in [0.29, 0.717) is 0 Å². The Morgan fingerprint density at radius 2 is 0.538 bits per heavy atom. The standard InChI is InChI=1S/2C5H10.C2H6O/c2*1-2-4-5-3-1;1-3-2/h2*1-5H2;1-2H3. The summed E-state index contributed by atoms with van der Waals surface area (Å²) in [6, 6.07) is 0. The molecule has 1 heteroatoms. The Labute approximate surface area is 83.9 Å². The van der Waals surface area contributed by atoms with Gasteiger partial charge in [0, 0.05) is 14.2 Å². The van der Waals surface area contributed by atoms with Crippen LogP contribution in [-0.2, 0) is 4.74 Å². The molecule has 0 aromatic rings. The summed E-state index contributed by atoms with van der Waals surface area (Å²) in [5.41, 5.74) is 0. The van der Waals surface area contributed by atoms with Crippen molar-refractivity contribution in [3.63, 3.8) is 0 Å². The average molecular weight is 186 g/mol. The number of rotatable bonds is 0. The Balaban J connectivity index is 0.000000174. The van der Waals surface area contributed by atoms with Gasteiger partial charge < -0.3 is 4.74 Å². The summed E-state index contributed by atoms with van der Waals surface area (Å²) in [5.74, 6) is 0. The van der Waals surface area contributed by atoms with Gasteiger partial charge in [0.05, 0.1) is 0 Å². The molecule has 0 aromatic carbocycles. The molecule has 2 fully saturated rings. The van der Waals surface area contributed by atoms with Gasteiger partial charge in [-0.1, -0.05) is 64.2 Å². The number of methoxy groups -OCH3 is 1. The largest absolute Gasteiger partial charge is 0.388 e. The predicted molar refractivity (Wildman–Crippen MR) is 59.1 cm³/mol. The molecule has 80 valence electrons. The highest BCUT2D eigenvalue weighted by Gasteiger charge is 1.95. The van der Waals surface area contributed by atoms with Crippen LogP contribution >= 0.6 is 0 Å². The molecule has 0 unspecified atom stereocenters. The van der Waals surface area contributed by atoms with Gasteiger partial charge >= 0.3 is 0 Å². The zero-order chi connectivity index (χ0) is 9.78. The van der Waals surface area contributed by atoms with Gasteiger partial charge in [-0.3, -0.25) is 0 Å². The van der Waals surface area contributed by atoms with E-state index in [0.717, 1.165) is 0 Å². The van der Waals surface area contributed by atoms with Crippen LogP contribution in [0.3, 0.4) is 0 Å². The maximum Gasteiger partial charge on any atom is 0.0351 e. The van der Waals surface area contributed by atoms with Gasteiger partial charge in [-0.25, -0.2) is 0 Å². The quantitative estimate of drug-likeness (QED) is 0.552. The van der Waals surface area contributed by atoms with E-state index in [1.807, 2.05) is 0 Å². The molecule has 0 atom stereocenters. The van der Waals surface area contributed by atoms with Crippen molar-refractivity contribution in [2.45, 2.75) is 64.2 Å². The maximum absolute atomic E-state index is 4.25. The second-order valence-electron chi connectivity index (χ2n) is 3.94. The fourth-order valence-electron chi connectivity index (χ4n) is 1.77. The first-order chi connectivity index (χ1) is 6.41. The third kappa shape index (κ3) is 12.0. The SMILES string of the molecule is C1CCCC1.C1CCCC1.COC. The fraction of sp³-hybridized carbons (Fsp3) is 1.00. The minimum absolute atomic E-state index is 1.50. The van der Waals surface area contributed by atoms with E-state index >= 15 is 0 Å². The first-order valence-corrected chi connectivity index (χ1v) is 5.82. The van der Waals surface area contributed by atoms with E-state index in [4.69, 9.17) is 0 Å². The smallest absolute Gasteiger partial charge is 0.0351 e. The molecule has 0 aliphatic heterocycles. The molecule has 0 radical (unpaired) electrons. The highest BCUT2D eigenvalue weighted by molar-refractivity contribution is 4.51. The summed E-state index contributed by atoms with van der Waals surface area (Å²) in [6.07, 6.45) is 15.0. The van der Waals surface area contributed by atoms with E-state index < -0.39 is 0 Å². The van der Waals surface area contributed by atoms with Crippen molar-refractivity contribution in [1.82, 2.24) is 0 Å². The zero-order valence-electron chi connectivity index (χ0n) is 9.48. The van der Waals surface area contributed by atoms with Crippen molar-refractivity contribution in [3.05, 3.63) is 0 Å². The van der Waals surface area contributed by atoms with Crippen LogP contribution in [0.1, 0.15) is 64.2 Å². The van der Waals surface area contributed by atoms with Crippen LogP contribution in [-0.4, -0.2) is 14.2 Å². The second kappa shape index (κ2) is 12.0. The molecule has 0 bridgehead atoms. The highest BCUT2D eigenvalue weighted by Crippen LogP contribution is 2.15. The van der Waals surface area contributed by atoms with Crippen LogP contribution in [0.15, 0.2) is 0 Å². The van der Waals surface area contributed by atoms with Crippen LogP contribution in [0.5, 0.6) is 0 Å². The topological polar surface area (TPSA) is 9.23 Å². The third-order valence-electron chi connectivity index (χ3n) is 2.50. The van der Waals surface area contributed by atoms with Gasteiger partial charge in [-0.2, -0.15) is 0 Å². The van der Waals surface area contributed by atoms with E-state index in [9.17, 15) is 0 Å². The van der Waals surface area contributed by atoms with Gasteiger partial charge in [0.25, 0.3) is 0 Å². The summed E-state index contributed by atoms with van der Waals surface area (Å²) in [7, 11) is 3.25. The molecule has 0 aromatic heterocycles. The molecule has 0 spiro atoms. The lowest BCUT2D eigenvalue weighted by atomic mass is 10.4. The molecule has 0 heterocycles. The maximum atomic E-state index is 4.25. The van der Waals surface area contributed by atoms with E-state index in [-0.39, 0.29) is 0 Å². The minimum Gasteiger partial charge on any atom is -0.388 e. The van der Waals surface area contributed by atoms with Gasteiger partial charge in [0.2, 0.25) is 0 Å². The number of hydrogen-bond donors (Lipinski definition) is 0. The van der Waals surface area contributed by atoms with Crippen molar-refractivity contribution >= 4 is 0 Å². The summed E-state index contributed by atoms with van der Waals surface area (Å²) < 4.78 is 4.25. The van der Waals surface area contributed by atoms with Gasteiger partial charge in [0.15, 0.2) is 0 Å². The van der Waals surface area contributed by atoms with Gasteiger partial charge in [0.1, 0.15) is 0 Å². The lowest BCUT2D eigenvalue weighted by Crippen LogP contribution is -1.55. The molecule has 2 saturated carbocycles. The number of ether oxygens (including phenoxy) is 1. The summed E-state index contributed by atoms with van der Waals surface area (Å²) in [4.78, 5) is 0. The van der Waals surface area contributed by atoms with Gasteiger partial charge in [-0.05, 0) is 0 Å². The lowest BCUT2D eigenvalue weighted by Gasteiger charge is -1.67. The third-order valence-corrected chi connectivity index (χ3v) is 2.50.